The van der Waals surface area contributed by atoms with Crippen molar-refractivity contribution in [3.8, 4) is 45.3 Å². The molecule has 4 nitrogen and oxygen atoms in total. The molecule has 0 radical (unpaired) electrons. The molecular formula is C72H44B2N2O2S2Si. The van der Waals surface area contributed by atoms with E-state index in [1.807, 2.05) is 23.5 Å². The van der Waals surface area contributed by atoms with Gasteiger partial charge in [-0.3, -0.25) is 0 Å². The number of fused-ring (bicyclic) bond motifs is 16. The van der Waals surface area contributed by atoms with Crippen LogP contribution in [0.15, 0.2) is 287 Å². The molecule has 376 valence electrons. The van der Waals surface area contributed by atoms with E-state index >= 15 is 0 Å². The molecule has 0 N–H and O–H groups in total. The number of ether oxygens (including phenoxy) is 2. The topological polar surface area (TPSA) is 24.9 Å². The zero-order valence-corrected chi connectivity index (χ0v) is 46.2. The standard InChI is InChI=1S/C72H44B2N2O2S2Si/c1-3-19-45(20-4-1)47-35-37-52-60(39-47)78-62-42-50(44-66-72(62)74(52)54-38-36-48(40-64(54)80-66)46-21-5-2-6-22-46)76-57-27-11-17-33-69(57)81(70-34-18-12-28-58(70)76)67-31-15-9-25-55(67)75(56-26-10-16-32-68(56)81)49-41-61-71-65(43-49)79-63-30-14-8-24-53(63)73(71)51-23-7-13-29-59(51)77-61/h1-44H. The fraction of sp³-hybridized carbons (Fsp3) is 0. The predicted octanol–water partition coefficient (Wildman–Crippen LogP) is 12.1. The van der Waals surface area contributed by atoms with Crippen molar-refractivity contribution in [1.29, 1.82) is 0 Å². The highest BCUT2D eigenvalue weighted by molar-refractivity contribution is 8.00. The second kappa shape index (κ2) is 17.4. The van der Waals surface area contributed by atoms with Crippen LogP contribution in [0.5, 0.6) is 23.0 Å². The minimum Gasteiger partial charge on any atom is -0.458 e. The van der Waals surface area contributed by atoms with Gasteiger partial charge in [0.1, 0.15) is 23.0 Å². The van der Waals surface area contributed by atoms with Gasteiger partial charge in [0.25, 0.3) is 13.4 Å². The van der Waals surface area contributed by atoms with E-state index < -0.39 is 8.07 Å². The summed E-state index contributed by atoms with van der Waals surface area (Å²) >= 11 is 3.73. The zero-order valence-electron chi connectivity index (χ0n) is 43.6. The Hall–Kier alpha value is -9.11. The quantitative estimate of drug-likeness (QED) is 0.163. The van der Waals surface area contributed by atoms with Gasteiger partial charge in [-0.15, -0.1) is 0 Å². The van der Waals surface area contributed by atoms with Gasteiger partial charge in [-0.1, -0.05) is 229 Å². The third-order valence-corrected chi connectivity index (χ3v) is 24.9. The van der Waals surface area contributed by atoms with Crippen LogP contribution in [0, 0.1) is 0 Å². The monoisotopic (exact) mass is 1080 g/mol. The number of hydrogen-bond donors (Lipinski definition) is 0. The van der Waals surface area contributed by atoms with Crippen molar-refractivity contribution in [1.82, 2.24) is 0 Å². The molecule has 0 aromatic heterocycles. The summed E-state index contributed by atoms with van der Waals surface area (Å²) in [6.07, 6.45) is 0. The van der Waals surface area contributed by atoms with Gasteiger partial charge >= 0.3 is 0 Å². The van der Waals surface area contributed by atoms with Crippen molar-refractivity contribution in [2.75, 3.05) is 9.80 Å². The van der Waals surface area contributed by atoms with Crippen LogP contribution in [0.4, 0.5) is 34.1 Å². The average Bonchev–Trinajstić information content (AvgIpc) is 3.35. The van der Waals surface area contributed by atoms with E-state index in [0.29, 0.717) is 0 Å². The molecule has 0 bridgehead atoms. The Morgan fingerprint density at radius 1 is 0.284 bits per heavy atom. The summed E-state index contributed by atoms with van der Waals surface area (Å²) < 4.78 is 14.3. The second-order valence-corrected chi connectivity index (χ2v) is 27.6. The first kappa shape index (κ1) is 45.7. The first-order valence-electron chi connectivity index (χ1n) is 27.8. The van der Waals surface area contributed by atoms with E-state index in [2.05, 4.69) is 277 Å². The molecule has 18 rings (SSSR count). The highest BCUT2D eigenvalue weighted by Crippen LogP contribution is 2.49. The maximum absolute atomic E-state index is 7.31. The Morgan fingerprint density at radius 3 is 1.25 bits per heavy atom. The fourth-order valence-electron chi connectivity index (χ4n) is 14.4. The highest BCUT2D eigenvalue weighted by Gasteiger charge is 2.54. The highest BCUT2D eigenvalue weighted by atomic mass is 32.2. The summed E-state index contributed by atoms with van der Waals surface area (Å²) in [5.41, 5.74) is 19.2. The van der Waals surface area contributed by atoms with Crippen molar-refractivity contribution < 1.29 is 9.47 Å². The van der Waals surface area contributed by atoms with Crippen molar-refractivity contribution >= 4 is 133 Å². The van der Waals surface area contributed by atoms with Gasteiger partial charge in [0.05, 0.1) is 11.4 Å². The second-order valence-electron chi connectivity index (χ2n) is 21.8. The number of rotatable bonds is 4. The molecule has 9 heteroatoms. The molecule has 6 aliphatic heterocycles. The minimum atomic E-state index is -3.13. The summed E-state index contributed by atoms with van der Waals surface area (Å²) in [6.45, 7) is 0.0918. The molecule has 0 aliphatic carbocycles. The summed E-state index contributed by atoms with van der Waals surface area (Å²) in [6, 6.07) is 99.4. The molecule has 81 heavy (non-hydrogen) atoms. The van der Waals surface area contributed by atoms with Crippen LogP contribution < -0.4 is 72.8 Å². The molecule has 6 aliphatic rings. The Kier molecular flexibility index (Phi) is 9.85. The average molecular weight is 1080 g/mol. The van der Waals surface area contributed by atoms with Crippen molar-refractivity contribution in [3.63, 3.8) is 0 Å². The van der Waals surface area contributed by atoms with Gasteiger partial charge in [-0.25, -0.2) is 0 Å². The molecule has 0 saturated carbocycles. The lowest BCUT2D eigenvalue weighted by molar-refractivity contribution is 0.486. The molecular weight excluding hydrogens is 1040 g/mol. The third kappa shape index (κ3) is 6.53. The largest absolute Gasteiger partial charge is 0.458 e. The van der Waals surface area contributed by atoms with Gasteiger partial charge in [-0.05, 0) is 126 Å². The van der Waals surface area contributed by atoms with Crippen molar-refractivity contribution in [2.45, 2.75) is 19.6 Å². The first-order chi connectivity index (χ1) is 40.2. The van der Waals surface area contributed by atoms with Crippen LogP contribution in [-0.2, 0) is 0 Å². The normalized spacial score (nSPS) is 14.5. The Labute approximate surface area is 480 Å². The SMILES string of the molecule is c1ccc(-c2ccc3c(c2)Oc2cc(N4c5ccccc5[Si]5(c6ccccc6N(c6cc7c8c(c6)Sc6ccccc6B8c6ccccc6O7)c6ccccc65)c5ccccc54)cc4c2B3c2ccc(-c3ccccc3)cc2S4)cc1. The molecule has 0 amide bonds. The third-order valence-electron chi connectivity index (χ3n) is 17.7. The lowest BCUT2D eigenvalue weighted by Crippen LogP contribution is -2.79. The van der Waals surface area contributed by atoms with E-state index in [9.17, 15) is 0 Å². The fourth-order valence-corrected chi connectivity index (χ4v) is 22.2. The number of hydrogen-bond acceptors (Lipinski definition) is 6. The van der Waals surface area contributed by atoms with Gasteiger partial charge in [0.2, 0.25) is 0 Å². The zero-order chi connectivity index (χ0) is 52.9. The summed E-state index contributed by atoms with van der Waals surface area (Å²) in [4.78, 5) is 10.1. The van der Waals surface area contributed by atoms with E-state index in [0.717, 1.165) is 39.9 Å². The number of benzene rings is 12. The Morgan fingerprint density at radius 2 is 0.691 bits per heavy atom. The maximum atomic E-state index is 7.31. The Balaban J connectivity index is 0.822. The van der Waals surface area contributed by atoms with E-state index in [1.165, 1.54) is 113 Å². The Bertz CT molecular complexity index is 4390. The van der Waals surface area contributed by atoms with Gasteiger partial charge in [-0.2, -0.15) is 0 Å². The lowest BCUT2D eigenvalue weighted by Gasteiger charge is -2.50. The minimum absolute atomic E-state index is 0.000671. The molecule has 0 saturated heterocycles. The van der Waals surface area contributed by atoms with Crippen LogP contribution in [0.2, 0.25) is 0 Å². The molecule has 12 aromatic carbocycles. The number of nitrogens with zero attached hydrogens (tertiary/aromatic N) is 2. The lowest BCUT2D eigenvalue weighted by atomic mass is 9.35. The molecule has 0 unspecified atom stereocenters. The first-order valence-corrected chi connectivity index (χ1v) is 31.4. The van der Waals surface area contributed by atoms with Crippen LogP contribution >= 0.6 is 23.5 Å². The van der Waals surface area contributed by atoms with Gasteiger partial charge in [0.15, 0.2) is 8.07 Å². The molecule has 0 fully saturated rings. The van der Waals surface area contributed by atoms with Gasteiger partial charge < -0.3 is 19.3 Å². The van der Waals surface area contributed by atoms with Crippen LogP contribution in [0.3, 0.4) is 0 Å². The molecule has 6 heterocycles. The predicted molar refractivity (Wildman–Crippen MR) is 341 cm³/mol. The van der Waals surface area contributed by atoms with E-state index in [-0.39, 0.29) is 13.4 Å². The molecule has 12 aromatic rings. The smallest absolute Gasteiger partial charge is 0.253 e. The molecule has 0 atom stereocenters. The number of anilines is 6. The summed E-state index contributed by atoms with van der Waals surface area (Å²) in [5, 5.41) is 5.42. The van der Waals surface area contributed by atoms with E-state index in [4.69, 9.17) is 9.47 Å². The number of para-hydroxylation sites is 5. The van der Waals surface area contributed by atoms with Crippen LogP contribution in [0.1, 0.15) is 0 Å². The maximum Gasteiger partial charge on any atom is 0.253 e. The summed E-state index contributed by atoms with van der Waals surface area (Å²) in [7, 11) is -3.13. The van der Waals surface area contributed by atoms with Crippen LogP contribution in [0.25, 0.3) is 22.3 Å². The van der Waals surface area contributed by atoms with Gasteiger partial charge in [0, 0.05) is 54.5 Å². The van der Waals surface area contributed by atoms with Crippen molar-refractivity contribution in [2.24, 2.45) is 0 Å². The van der Waals surface area contributed by atoms with E-state index in [1.54, 1.807) is 0 Å². The summed E-state index contributed by atoms with van der Waals surface area (Å²) in [5.74, 6) is 3.64. The van der Waals surface area contributed by atoms with Crippen molar-refractivity contribution in [3.05, 3.63) is 267 Å². The van der Waals surface area contributed by atoms with Crippen LogP contribution in [-0.4, -0.2) is 21.5 Å². The molecule has 1 spiro atoms.